The van der Waals surface area contributed by atoms with E-state index in [0.29, 0.717) is 12.2 Å². The Morgan fingerprint density at radius 2 is 2.28 bits per heavy atom. The molecule has 0 radical (unpaired) electrons. The molecule has 0 aliphatic carbocycles. The van der Waals surface area contributed by atoms with Gasteiger partial charge in [-0.05, 0) is 13.0 Å². The van der Waals surface area contributed by atoms with Crippen LogP contribution in [0.3, 0.4) is 0 Å². The molecular weight excluding hydrogens is 236 g/mol. The van der Waals surface area contributed by atoms with Gasteiger partial charge in [-0.3, -0.25) is 14.9 Å². The number of nitrogens with zero attached hydrogens (tertiary/aromatic N) is 2. The molecule has 0 amide bonds. The van der Waals surface area contributed by atoms with E-state index in [0.717, 1.165) is 5.69 Å². The molecule has 1 atom stereocenters. The fraction of sp³-hybridized carbons (Fsp3) is 0.417. The van der Waals surface area contributed by atoms with Gasteiger partial charge in [-0.1, -0.05) is 18.2 Å². The van der Waals surface area contributed by atoms with Gasteiger partial charge in [0.25, 0.3) is 6.04 Å². The molecule has 1 aliphatic rings. The maximum Gasteiger partial charge on any atom is 0.325 e. The zero-order valence-electron chi connectivity index (χ0n) is 10.0. The molecule has 18 heavy (non-hydrogen) atoms. The van der Waals surface area contributed by atoms with E-state index in [1.807, 2.05) is 0 Å². The zero-order valence-corrected chi connectivity index (χ0v) is 10.0. The van der Waals surface area contributed by atoms with Crippen LogP contribution in [-0.4, -0.2) is 30.6 Å². The largest absolute Gasteiger partial charge is 0.465 e. The molecule has 1 aliphatic heterocycles. The van der Waals surface area contributed by atoms with Crippen molar-refractivity contribution in [2.24, 2.45) is 0 Å². The first kappa shape index (κ1) is 12.3. The quantitative estimate of drug-likeness (QED) is 0.458. The lowest BCUT2D eigenvalue weighted by Crippen LogP contribution is -2.31. The van der Waals surface area contributed by atoms with Gasteiger partial charge in [-0.25, -0.2) is 0 Å². The number of carbonyl (C=O) groups excluding carboxylic acids is 1. The van der Waals surface area contributed by atoms with Crippen LogP contribution in [0, 0.1) is 10.1 Å². The molecule has 2 rings (SSSR count). The second-order valence-electron chi connectivity index (χ2n) is 4.05. The molecule has 0 bridgehead atoms. The van der Waals surface area contributed by atoms with Crippen LogP contribution in [0.5, 0.6) is 0 Å². The van der Waals surface area contributed by atoms with E-state index in [-0.39, 0.29) is 24.0 Å². The van der Waals surface area contributed by atoms with Crippen molar-refractivity contribution in [2.75, 3.05) is 24.6 Å². The Kier molecular flexibility index (Phi) is 3.45. The third-order valence-corrected chi connectivity index (χ3v) is 2.91. The summed E-state index contributed by atoms with van der Waals surface area (Å²) in [6, 6.07) is 6.32. The molecular formula is C12H14N2O4. The molecule has 0 fully saturated rings. The number of nitro groups is 1. The summed E-state index contributed by atoms with van der Waals surface area (Å²) in [6.45, 7) is 2.31. The van der Waals surface area contributed by atoms with Crippen molar-refractivity contribution in [3.05, 3.63) is 39.9 Å². The van der Waals surface area contributed by atoms with Crippen molar-refractivity contribution >= 4 is 11.7 Å². The van der Waals surface area contributed by atoms with E-state index >= 15 is 0 Å². The van der Waals surface area contributed by atoms with Gasteiger partial charge < -0.3 is 9.64 Å². The minimum absolute atomic E-state index is 0.0508. The number of hydrogen-bond acceptors (Lipinski definition) is 5. The number of fused-ring (bicyclic) bond motifs is 1. The van der Waals surface area contributed by atoms with E-state index in [4.69, 9.17) is 4.74 Å². The molecule has 6 heteroatoms. The normalized spacial score (nSPS) is 17.4. The second kappa shape index (κ2) is 5.03. The lowest BCUT2D eigenvalue weighted by molar-refractivity contribution is -0.524. The van der Waals surface area contributed by atoms with Crippen LogP contribution >= 0.6 is 0 Å². The Hall–Kier alpha value is -2.11. The number of ether oxygens (including phenoxy) is 1. The average molecular weight is 250 g/mol. The van der Waals surface area contributed by atoms with Gasteiger partial charge in [0.1, 0.15) is 6.54 Å². The molecule has 0 aromatic heterocycles. The monoisotopic (exact) mass is 250 g/mol. The Bertz CT molecular complexity index is 475. The highest BCUT2D eigenvalue weighted by Gasteiger charge is 2.37. The Morgan fingerprint density at radius 1 is 1.56 bits per heavy atom. The first-order valence-corrected chi connectivity index (χ1v) is 5.76. The maximum absolute atomic E-state index is 11.5. The summed E-state index contributed by atoms with van der Waals surface area (Å²) in [6.07, 6.45) is 0. The molecule has 0 saturated heterocycles. The van der Waals surface area contributed by atoms with Gasteiger partial charge >= 0.3 is 5.97 Å². The van der Waals surface area contributed by atoms with Crippen molar-refractivity contribution in [1.82, 2.24) is 0 Å². The lowest BCUT2D eigenvalue weighted by Gasteiger charge is -2.16. The van der Waals surface area contributed by atoms with Gasteiger partial charge in [0.05, 0.1) is 18.7 Å². The van der Waals surface area contributed by atoms with Crippen LogP contribution in [0.25, 0.3) is 0 Å². The van der Waals surface area contributed by atoms with Crippen molar-refractivity contribution < 1.29 is 14.5 Å². The van der Waals surface area contributed by atoms with Crippen LogP contribution < -0.4 is 4.90 Å². The highest BCUT2D eigenvalue weighted by atomic mass is 16.6. The van der Waals surface area contributed by atoms with Gasteiger partial charge in [-0.2, -0.15) is 0 Å². The maximum atomic E-state index is 11.5. The number of hydrogen-bond donors (Lipinski definition) is 0. The van der Waals surface area contributed by atoms with Crippen LogP contribution in [0.15, 0.2) is 24.3 Å². The molecule has 6 nitrogen and oxygen atoms in total. The summed E-state index contributed by atoms with van der Waals surface area (Å²) in [4.78, 5) is 23.8. The summed E-state index contributed by atoms with van der Waals surface area (Å²) in [5.74, 6) is -0.365. The number of anilines is 1. The molecule has 0 unspecified atom stereocenters. The summed E-state index contributed by atoms with van der Waals surface area (Å²) < 4.78 is 4.86. The molecule has 1 aromatic carbocycles. The molecule has 0 spiro atoms. The van der Waals surface area contributed by atoms with E-state index in [2.05, 4.69) is 0 Å². The highest BCUT2D eigenvalue weighted by Crippen LogP contribution is 2.35. The van der Waals surface area contributed by atoms with E-state index in [9.17, 15) is 14.9 Å². The van der Waals surface area contributed by atoms with E-state index < -0.39 is 6.04 Å². The highest BCUT2D eigenvalue weighted by molar-refractivity contribution is 5.77. The molecule has 0 N–H and O–H groups in total. The summed E-state index contributed by atoms with van der Waals surface area (Å²) in [5.41, 5.74) is 1.40. The lowest BCUT2D eigenvalue weighted by atomic mass is 10.1. The zero-order chi connectivity index (χ0) is 13.1. The minimum atomic E-state index is -0.768. The van der Waals surface area contributed by atoms with Crippen LogP contribution in [0.4, 0.5) is 5.69 Å². The van der Waals surface area contributed by atoms with Gasteiger partial charge in [0.15, 0.2) is 0 Å². The molecule has 0 saturated carbocycles. The number of esters is 1. The summed E-state index contributed by atoms with van der Waals surface area (Å²) >= 11 is 0. The molecule has 1 heterocycles. The van der Waals surface area contributed by atoms with Crippen molar-refractivity contribution in [3.63, 3.8) is 0 Å². The van der Waals surface area contributed by atoms with E-state index in [1.165, 1.54) is 0 Å². The van der Waals surface area contributed by atoms with Gasteiger partial charge in [0.2, 0.25) is 0 Å². The fourth-order valence-electron chi connectivity index (χ4n) is 2.16. The average Bonchev–Trinajstić information content (AvgIpc) is 2.69. The summed E-state index contributed by atoms with van der Waals surface area (Å²) in [5, 5.41) is 11.0. The Balaban J connectivity index is 2.20. The Morgan fingerprint density at radius 3 is 2.94 bits per heavy atom. The summed E-state index contributed by atoms with van der Waals surface area (Å²) in [7, 11) is 0. The third kappa shape index (κ3) is 2.27. The fourth-order valence-corrected chi connectivity index (χ4v) is 2.16. The van der Waals surface area contributed by atoms with E-state index in [1.54, 1.807) is 36.1 Å². The second-order valence-corrected chi connectivity index (χ2v) is 4.05. The van der Waals surface area contributed by atoms with Crippen molar-refractivity contribution in [1.29, 1.82) is 0 Å². The number of benzene rings is 1. The van der Waals surface area contributed by atoms with Crippen LogP contribution in [-0.2, 0) is 9.53 Å². The number of para-hydroxylation sites is 1. The first-order chi connectivity index (χ1) is 8.63. The predicted octanol–water partition coefficient (Wildman–Crippen LogP) is 1.39. The first-order valence-electron chi connectivity index (χ1n) is 5.76. The number of rotatable bonds is 4. The number of carbonyl (C=O) groups is 1. The SMILES string of the molecule is CCOC(=O)CN1C[C@H]([N+](=O)[O-])c2ccccc21. The van der Waals surface area contributed by atoms with Gasteiger partial charge in [0, 0.05) is 10.6 Å². The minimum Gasteiger partial charge on any atom is -0.465 e. The predicted molar refractivity (Wildman–Crippen MR) is 65.0 cm³/mol. The van der Waals surface area contributed by atoms with Crippen molar-refractivity contribution in [2.45, 2.75) is 13.0 Å². The smallest absolute Gasteiger partial charge is 0.325 e. The van der Waals surface area contributed by atoms with Gasteiger partial charge in [-0.15, -0.1) is 0 Å². The van der Waals surface area contributed by atoms with Crippen LogP contribution in [0.2, 0.25) is 0 Å². The van der Waals surface area contributed by atoms with Crippen LogP contribution in [0.1, 0.15) is 18.5 Å². The topological polar surface area (TPSA) is 72.7 Å². The molecule has 1 aromatic rings. The van der Waals surface area contributed by atoms with Crippen molar-refractivity contribution in [3.8, 4) is 0 Å². The third-order valence-electron chi connectivity index (χ3n) is 2.91. The standard InChI is InChI=1S/C12H14N2O4/c1-2-18-12(15)8-13-7-11(14(16)17)9-5-3-4-6-10(9)13/h3-6,11H,2,7-8H2,1H3/t11-/m0/s1. The Labute approximate surface area is 104 Å². The molecule has 96 valence electrons.